The summed E-state index contributed by atoms with van der Waals surface area (Å²) < 4.78 is 2.31. The van der Waals surface area contributed by atoms with Gasteiger partial charge in [0, 0.05) is 23.5 Å². The highest BCUT2D eigenvalue weighted by Gasteiger charge is 2.18. The Morgan fingerprint density at radius 2 is 2.05 bits per heavy atom. The monoisotopic (exact) mass is 279 g/mol. The number of benzene rings is 1. The molecule has 19 heavy (non-hydrogen) atoms. The fourth-order valence-electron chi connectivity index (χ4n) is 2.43. The molecule has 104 valence electrons. The number of nitrogens with one attached hydrogen (secondary N) is 1. The van der Waals surface area contributed by atoms with Crippen molar-refractivity contribution in [1.29, 1.82) is 0 Å². The van der Waals surface area contributed by atoms with E-state index in [-0.39, 0.29) is 0 Å². The van der Waals surface area contributed by atoms with E-state index in [2.05, 4.69) is 43.6 Å². The SMILES string of the molecule is CCNCC(C)c1nc2cc(Cl)ccc2n1C(C)C. The molecular weight excluding hydrogens is 258 g/mol. The zero-order valence-corrected chi connectivity index (χ0v) is 12.8. The first-order valence-electron chi connectivity index (χ1n) is 6.92. The predicted molar refractivity (Wildman–Crippen MR) is 82.1 cm³/mol. The van der Waals surface area contributed by atoms with Crippen LogP contribution in [0.1, 0.15) is 45.5 Å². The average molecular weight is 280 g/mol. The first-order chi connectivity index (χ1) is 9.04. The van der Waals surface area contributed by atoms with E-state index in [0.717, 1.165) is 35.0 Å². The molecule has 0 radical (unpaired) electrons. The lowest BCUT2D eigenvalue weighted by atomic mass is 10.1. The molecule has 0 aliphatic heterocycles. The van der Waals surface area contributed by atoms with Crippen LogP contribution >= 0.6 is 11.6 Å². The van der Waals surface area contributed by atoms with Crippen molar-refractivity contribution >= 4 is 22.6 Å². The highest BCUT2D eigenvalue weighted by Crippen LogP contribution is 2.27. The van der Waals surface area contributed by atoms with Gasteiger partial charge in [0.15, 0.2) is 0 Å². The molecule has 3 nitrogen and oxygen atoms in total. The van der Waals surface area contributed by atoms with Crippen molar-refractivity contribution in [3.8, 4) is 0 Å². The third-order valence-corrected chi connectivity index (χ3v) is 3.57. The number of fused-ring (bicyclic) bond motifs is 1. The fraction of sp³-hybridized carbons (Fsp3) is 0.533. The van der Waals surface area contributed by atoms with Gasteiger partial charge in [0.2, 0.25) is 0 Å². The van der Waals surface area contributed by atoms with E-state index in [0.29, 0.717) is 12.0 Å². The lowest BCUT2D eigenvalue weighted by Crippen LogP contribution is -2.22. The van der Waals surface area contributed by atoms with Gasteiger partial charge in [-0.2, -0.15) is 0 Å². The van der Waals surface area contributed by atoms with Crippen LogP contribution < -0.4 is 5.32 Å². The second-order valence-electron chi connectivity index (χ2n) is 5.28. The third kappa shape index (κ3) is 2.93. The van der Waals surface area contributed by atoms with E-state index in [9.17, 15) is 0 Å². The average Bonchev–Trinajstić information content (AvgIpc) is 2.74. The Hall–Kier alpha value is -1.06. The molecule has 1 aromatic heterocycles. The molecule has 1 heterocycles. The van der Waals surface area contributed by atoms with Crippen LogP contribution in [0.2, 0.25) is 5.02 Å². The van der Waals surface area contributed by atoms with Crippen LogP contribution in [0.15, 0.2) is 18.2 Å². The van der Waals surface area contributed by atoms with Crippen LogP contribution in [0.5, 0.6) is 0 Å². The Kier molecular flexibility index (Phi) is 4.48. The summed E-state index contributed by atoms with van der Waals surface area (Å²) in [5, 5.41) is 4.13. The van der Waals surface area contributed by atoms with Gasteiger partial charge in [-0.1, -0.05) is 25.4 Å². The van der Waals surface area contributed by atoms with E-state index in [1.807, 2.05) is 12.1 Å². The quantitative estimate of drug-likeness (QED) is 0.897. The summed E-state index contributed by atoms with van der Waals surface area (Å²) in [5.74, 6) is 1.52. The van der Waals surface area contributed by atoms with Gasteiger partial charge in [-0.05, 0) is 38.6 Å². The van der Waals surface area contributed by atoms with Crippen LogP contribution in [0.4, 0.5) is 0 Å². The molecule has 0 bridgehead atoms. The van der Waals surface area contributed by atoms with E-state index in [1.165, 1.54) is 0 Å². The number of halogens is 1. The lowest BCUT2D eigenvalue weighted by molar-refractivity contribution is 0.530. The molecule has 1 unspecified atom stereocenters. The first-order valence-corrected chi connectivity index (χ1v) is 7.30. The van der Waals surface area contributed by atoms with Crippen molar-refractivity contribution in [1.82, 2.24) is 14.9 Å². The molecule has 0 amide bonds. The van der Waals surface area contributed by atoms with Crippen molar-refractivity contribution < 1.29 is 0 Å². The number of hydrogen-bond donors (Lipinski definition) is 1. The second kappa shape index (κ2) is 5.93. The van der Waals surface area contributed by atoms with E-state index in [4.69, 9.17) is 16.6 Å². The first kappa shape index (κ1) is 14.4. The van der Waals surface area contributed by atoms with Crippen LogP contribution in [0, 0.1) is 0 Å². The van der Waals surface area contributed by atoms with Crippen molar-refractivity contribution in [3.63, 3.8) is 0 Å². The Labute approximate surface area is 120 Å². The molecule has 1 N–H and O–H groups in total. The lowest BCUT2D eigenvalue weighted by Gasteiger charge is -2.17. The van der Waals surface area contributed by atoms with Crippen molar-refractivity contribution in [2.45, 2.75) is 39.7 Å². The molecule has 0 aliphatic rings. The summed E-state index contributed by atoms with van der Waals surface area (Å²) >= 11 is 6.06. The highest BCUT2D eigenvalue weighted by atomic mass is 35.5. The van der Waals surface area contributed by atoms with Gasteiger partial charge < -0.3 is 9.88 Å². The minimum Gasteiger partial charge on any atom is -0.325 e. The van der Waals surface area contributed by atoms with E-state index in [1.54, 1.807) is 0 Å². The Bertz CT molecular complexity index is 560. The number of likely N-dealkylation sites (N-methyl/N-ethyl adjacent to an activating group) is 1. The summed E-state index contributed by atoms with van der Waals surface area (Å²) in [6, 6.07) is 6.33. The number of aromatic nitrogens is 2. The molecule has 0 fully saturated rings. The molecule has 2 aromatic rings. The zero-order chi connectivity index (χ0) is 14.0. The summed E-state index contributed by atoms with van der Waals surface area (Å²) in [6.45, 7) is 10.7. The van der Waals surface area contributed by atoms with Gasteiger partial charge >= 0.3 is 0 Å². The largest absolute Gasteiger partial charge is 0.325 e. The van der Waals surface area contributed by atoms with Gasteiger partial charge in [-0.15, -0.1) is 0 Å². The van der Waals surface area contributed by atoms with Crippen molar-refractivity contribution in [2.75, 3.05) is 13.1 Å². The van der Waals surface area contributed by atoms with Gasteiger partial charge in [0.25, 0.3) is 0 Å². The van der Waals surface area contributed by atoms with Gasteiger partial charge in [0.1, 0.15) is 5.82 Å². The normalized spacial score (nSPS) is 13.4. The molecule has 0 saturated carbocycles. The topological polar surface area (TPSA) is 29.9 Å². The predicted octanol–water partition coefficient (Wildman–Crippen LogP) is 3.98. The Balaban J connectivity index is 2.49. The van der Waals surface area contributed by atoms with Gasteiger partial charge in [-0.3, -0.25) is 0 Å². The zero-order valence-electron chi connectivity index (χ0n) is 12.1. The maximum absolute atomic E-state index is 6.06. The molecule has 0 spiro atoms. The molecule has 2 rings (SSSR count). The summed E-state index contributed by atoms with van der Waals surface area (Å²) in [6.07, 6.45) is 0. The maximum Gasteiger partial charge on any atom is 0.114 e. The molecule has 1 atom stereocenters. The van der Waals surface area contributed by atoms with E-state index >= 15 is 0 Å². The maximum atomic E-state index is 6.06. The second-order valence-corrected chi connectivity index (χ2v) is 5.71. The summed E-state index contributed by atoms with van der Waals surface area (Å²) in [7, 11) is 0. The van der Waals surface area contributed by atoms with Crippen molar-refractivity contribution in [3.05, 3.63) is 29.0 Å². The molecular formula is C15H22ClN3. The number of imidazole rings is 1. The van der Waals surface area contributed by atoms with Crippen molar-refractivity contribution in [2.24, 2.45) is 0 Å². The van der Waals surface area contributed by atoms with Crippen LogP contribution in [-0.2, 0) is 0 Å². The Morgan fingerprint density at radius 3 is 2.68 bits per heavy atom. The number of rotatable bonds is 5. The van der Waals surface area contributed by atoms with Crippen LogP contribution in [0.25, 0.3) is 11.0 Å². The highest BCUT2D eigenvalue weighted by molar-refractivity contribution is 6.31. The van der Waals surface area contributed by atoms with Gasteiger partial charge in [0.05, 0.1) is 11.0 Å². The number of hydrogen-bond acceptors (Lipinski definition) is 2. The van der Waals surface area contributed by atoms with Crippen LogP contribution in [-0.4, -0.2) is 22.6 Å². The third-order valence-electron chi connectivity index (χ3n) is 3.34. The standard InChI is InChI=1S/C15H22ClN3/c1-5-17-9-11(4)15-18-13-8-12(16)6-7-14(13)19(15)10(2)3/h6-8,10-11,17H,5,9H2,1-4H3. The minimum atomic E-state index is 0.383. The number of nitrogens with zero attached hydrogens (tertiary/aromatic N) is 2. The summed E-state index contributed by atoms with van der Waals surface area (Å²) in [4.78, 5) is 4.79. The molecule has 0 aliphatic carbocycles. The van der Waals surface area contributed by atoms with Crippen LogP contribution in [0.3, 0.4) is 0 Å². The molecule has 0 saturated heterocycles. The van der Waals surface area contributed by atoms with Gasteiger partial charge in [-0.25, -0.2) is 4.98 Å². The smallest absolute Gasteiger partial charge is 0.114 e. The molecule has 4 heteroatoms. The Morgan fingerprint density at radius 1 is 1.32 bits per heavy atom. The minimum absolute atomic E-state index is 0.383. The fourth-order valence-corrected chi connectivity index (χ4v) is 2.60. The summed E-state index contributed by atoms with van der Waals surface area (Å²) in [5.41, 5.74) is 2.15. The van der Waals surface area contributed by atoms with E-state index < -0.39 is 0 Å². The molecule has 1 aromatic carbocycles.